The standard InChI is InChI=1S/C33H28ClN5O2S/c1-19-10-8-9-13-27(19)36-31(40)29-21(3)35-33-38(30(29)23-14-16-24(34)17-15-23)32(41)28(42-33)18-26-20(2)37-39(22(26)4)25-11-6-5-7-12-25/h5-18,30H,1-4H3,(H,36,40). The monoisotopic (exact) mass is 593 g/mol. The number of carbonyl (C=O) groups excluding carboxylic acids is 1. The number of benzene rings is 3. The lowest BCUT2D eigenvalue weighted by Gasteiger charge is -2.25. The van der Waals surface area contributed by atoms with Gasteiger partial charge in [-0.1, -0.05) is 71.5 Å². The van der Waals surface area contributed by atoms with Crippen LogP contribution in [0.2, 0.25) is 5.02 Å². The van der Waals surface area contributed by atoms with E-state index >= 15 is 0 Å². The number of allylic oxidation sites excluding steroid dienone is 1. The summed E-state index contributed by atoms with van der Waals surface area (Å²) in [7, 11) is 0. The minimum absolute atomic E-state index is 0.223. The van der Waals surface area contributed by atoms with Gasteiger partial charge in [0.25, 0.3) is 11.5 Å². The molecule has 6 rings (SSSR count). The lowest BCUT2D eigenvalue weighted by Crippen LogP contribution is -2.40. The average Bonchev–Trinajstić information content (AvgIpc) is 3.44. The van der Waals surface area contributed by atoms with E-state index in [1.165, 1.54) is 11.3 Å². The lowest BCUT2D eigenvalue weighted by molar-refractivity contribution is -0.113. The highest BCUT2D eigenvalue weighted by Crippen LogP contribution is 2.32. The van der Waals surface area contributed by atoms with Gasteiger partial charge in [0.2, 0.25) is 0 Å². The van der Waals surface area contributed by atoms with Crippen molar-refractivity contribution < 1.29 is 4.79 Å². The molecular weight excluding hydrogens is 566 g/mol. The maximum Gasteiger partial charge on any atom is 0.271 e. The first-order chi connectivity index (χ1) is 20.2. The van der Waals surface area contributed by atoms with E-state index in [0.29, 0.717) is 31.3 Å². The van der Waals surface area contributed by atoms with Crippen molar-refractivity contribution in [2.24, 2.45) is 4.99 Å². The summed E-state index contributed by atoms with van der Waals surface area (Å²) < 4.78 is 4.01. The number of carbonyl (C=O) groups is 1. The minimum Gasteiger partial charge on any atom is -0.322 e. The van der Waals surface area contributed by atoms with Gasteiger partial charge in [-0.25, -0.2) is 9.67 Å². The molecule has 9 heteroatoms. The van der Waals surface area contributed by atoms with Gasteiger partial charge in [-0.2, -0.15) is 5.10 Å². The van der Waals surface area contributed by atoms with Crippen LogP contribution in [0.25, 0.3) is 11.8 Å². The summed E-state index contributed by atoms with van der Waals surface area (Å²) in [4.78, 5) is 33.3. The smallest absolute Gasteiger partial charge is 0.271 e. The van der Waals surface area contributed by atoms with E-state index in [2.05, 4.69) is 5.32 Å². The van der Waals surface area contributed by atoms with Crippen LogP contribution in [0.3, 0.4) is 0 Å². The average molecular weight is 594 g/mol. The van der Waals surface area contributed by atoms with Crippen molar-refractivity contribution in [2.45, 2.75) is 33.7 Å². The molecule has 1 unspecified atom stereocenters. The first kappa shape index (κ1) is 27.6. The zero-order chi connectivity index (χ0) is 29.5. The highest BCUT2D eigenvalue weighted by molar-refractivity contribution is 7.07. The van der Waals surface area contributed by atoms with Crippen molar-refractivity contribution in [2.75, 3.05) is 5.32 Å². The molecule has 0 fully saturated rings. The lowest BCUT2D eigenvalue weighted by atomic mass is 9.95. The molecule has 0 saturated carbocycles. The van der Waals surface area contributed by atoms with E-state index in [0.717, 1.165) is 33.8 Å². The Kier molecular flexibility index (Phi) is 7.26. The fraction of sp³-hybridized carbons (Fsp3) is 0.152. The molecule has 0 radical (unpaired) electrons. The summed E-state index contributed by atoms with van der Waals surface area (Å²) >= 11 is 7.52. The Labute approximate surface area is 251 Å². The molecule has 42 heavy (non-hydrogen) atoms. The third-order valence-corrected chi connectivity index (χ3v) is 8.70. The number of hydrogen-bond acceptors (Lipinski definition) is 5. The SMILES string of the molecule is CC1=C(C(=O)Nc2ccccc2C)C(c2ccc(Cl)cc2)n2c(sc(=Cc3c(C)nn(-c4ccccc4)c3C)c2=O)=N1. The number of aryl methyl sites for hydroxylation is 2. The van der Waals surface area contributed by atoms with Gasteiger partial charge in [0.15, 0.2) is 4.80 Å². The second kappa shape index (κ2) is 11.0. The summed E-state index contributed by atoms with van der Waals surface area (Å²) in [5.41, 5.74) is 6.70. The predicted octanol–water partition coefficient (Wildman–Crippen LogP) is 5.64. The van der Waals surface area contributed by atoms with Crippen LogP contribution in [-0.2, 0) is 4.79 Å². The molecule has 0 saturated heterocycles. The molecule has 3 heterocycles. The molecule has 3 aromatic carbocycles. The molecule has 7 nitrogen and oxygen atoms in total. The molecule has 1 aliphatic heterocycles. The van der Waals surface area contributed by atoms with Gasteiger partial charge in [-0.15, -0.1) is 0 Å². The van der Waals surface area contributed by atoms with Gasteiger partial charge in [0.05, 0.1) is 33.2 Å². The molecule has 5 aromatic rings. The van der Waals surface area contributed by atoms with E-state index in [1.807, 2.05) is 105 Å². The number of amides is 1. The van der Waals surface area contributed by atoms with Gasteiger partial charge in [-0.05, 0) is 75.2 Å². The maximum absolute atomic E-state index is 14.1. The first-order valence-corrected chi connectivity index (χ1v) is 14.7. The summed E-state index contributed by atoms with van der Waals surface area (Å²) in [6, 6.07) is 24.0. The maximum atomic E-state index is 14.1. The Morgan fingerprint density at radius 2 is 1.64 bits per heavy atom. The quantitative estimate of drug-likeness (QED) is 0.286. The molecule has 0 aliphatic carbocycles. The Balaban J connectivity index is 1.50. The number of nitrogens with one attached hydrogen (secondary N) is 1. The Morgan fingerprint density at radius 1 is 0.952 bits per heavy atom. The normalized spacial score (nSPS) is 15.0. The largest absolute Gasteiger partial charge is 0.322 e. The Hall–Kier alpha value is -4.53. The second-order valence-corrected chi connectivity index (χ2v) is 11.7. The van der Waals surface area contributed by atoms with E-state index in [-0.39, 0.29) is 11.5 Å². The zero-order valence-corrected chi connectivity index (χ0v) is 25.1. The van der Waals surface area contributed by atoms with Crippen LogP contribution in [0.1, 0.15) is 41.0 Å². The Morgan fingerprint density at radius 3 is 2.36 bits per heavy atom. The number of hydrogen-bond donors (Lipinski definition) is 1. The van der Waals surface area contributed by atoms with Gasteiger partial charge in [0, 0.05) is 22.0 Å². The van der Waals surface area contributed by atoms with Crippen LogP contribution >= 0.6 is 22.9 Å². The van der Waals surface area contributed by atoms with Crippen molar-refractivity contribution in [3.8, 4) is 5.69 Å². The summed E-state index contributed by atoms with van der Waals surface area (Å²) in [5.74, 6) is -0.310. The van der Waals surface area contributed by atoms with Gasteiger partial charge in [-0.3, -0.25) is 14.2 Å². The van der Waals surface area contributed by atoms with E-state index in [4.69, 9.17) is 21.7 Å². The zero-order valence-electron chi connectivity index (χ0n) is 23.6. The summed E-state index contributed by atoms with van der Waals surface area (Å²) in [5, 5.41) is 8.34. The predicted molar refractivity (Wildman–Crippen MR) is 168 cm³/mol. The first-order valence-electron chi connectivity index (χ1n) is 13.5. The molecule has 0 bridgehead atoms. The fourth-order valence-corrected chi connectivity index (χ4v) is 6.44. The summed E-state index contributed by atoms with van der Waals surface area (Å²) in [6.07, 6.45) is 1.88. The number of thiazole rings is 1. The molecular formula is C33H28ClN5O2S. The van der Waals surface area contributed by atoms with Crippen LogP contribution in [0.15, 0.2) is 99.9 Å². The third-order valence-electron chi connectivity index (χ3n) is 7.47. The molecule has 1 N–H and O–H groups in total. The molecule has 1 aliphatic rings. The van der Waals surface area contributed by atoms with E-state index in [9.17, 15) is 9.59 Å². The van der Waals surface area contributed by atoms with Gasteiger partial charge < -0.3 is 5.32 Å². The van der Waals surface area contributed by atoms with Crippen molar-refractivity contribution >= 4 is 40.6 Å². The number of fused-ring (bicyclic) bond motifs is 1. The van der Waals surface area contributed by atoms with Crippen LogP contribution in [-0.4, -0.2) is 20.3 Å². The second-order valence-electron chi connectivity index (χ2n) is 10.2. The molecule has 1 atom stereocenters. The highest BCUT2D eigenvalue weighted by atomic mass is 35.5. The summed E-state index contributed by atoms with van der Waals surface area (Å²) in [6.45, 7) is 7.67. The number of aromatic nitrogens is 3. The number of rotatable bonds is 5. The van der Waals surface area contributed by atoms with E-state index < -0.39 is 6.04 Å². The number of anilines is 1. The van der Waals surface area contributed by atoms with Crippen molar-refractivity contribution in [3.05, 3.63) is 143 Å². The molecule has 2 aromatic heterocycles. The van der Waals surface area contributed by atoms with E-state index in [1.54, 1.807) is 16.7 Å². The van der Waals surface area contributed by atoms with Gasteiger partial charge in [0.1, 0.15) is 0 Å². The van der Waals surface area contributed by atoms with Crippen LogP contribution < -0.4 is 20.2 Å². The van der Waals surface area contributed by atoms with Crippen molar-refractivity contribution in [1.29, 1.82) is 0 Å². The van der Waals surface area contributed by atoms with Crippen LogP contribution in [0.5, 0.6) is 0 Å². The fourth-order valence-electron chi connectivity index (χ4n) is 5.29. The minimum atomic E-state index is -0.682. The van der Waals surface area contributed by atoms with Crippen LogP contribution in [0.4, 0.5) is 5.69 Å². The van der Waals surface area contributed by atoms with Crippen molar-refractivity contribution in [3.63, 3.8) is 0 Å². The Bertz CT molecular complexity index is 2050. The van der Waals surface area contributed by atoms with Crippen LogP contribution in [0, 0.1) is 20.8 Å². The number of halogens is 1. The number of para-hydroxylation sites is 2. The number of nitrogens with zero attached hydrogens (tertiary/aromatic N) is 4. The molecule has 0 spiro atoms. The molecule has 210 valence electrons. The third kappa shape index (κ3) is 4.93. The topological polar surface area (TPSA) is 81.3 Å². The molecule has 1 amide bonds. The highest BCUT2D eigenvalue weighted by Gasteiger charge is 2.32. The van der Waals surface area contributed by atoms with Crippen molar-refractivity contribution in [1.82, 2.24) is 14.3 Å². The van der Waals surface area contributed by atoms with Gasteiger partial charge >= 0.3 is 0 Å².